The number of hydrogen-bond acceptors (Lipinski definition) is 7. The Kier molecular flexibility index (Phi) is 6.16. The molecule has 3 rings (SSSR count). The molecule has 1 N–H and O–H groups in total. The van der Waals surface area contributed by atoms with E-state index in [9.17, 15) is 30.8 Å². The van der Waals surface area contributed by atoms with Crippen molar-refractivity contribution in [3.05, 3.63) is 29.5 Å². The molecule has 15 heteroatoms. The Morgan fingerprint density at radius 2 is 1.94 bits per heavy atom. The van der Waals surface area contributed by atoms with Crippen molar-refractivity contribution in [2.75, 3.05) is 6.54 Å². The molecule has 176 valence electrons. The van der Waals surface area contributed by atoms with Crippen LogP contribution in [0.3, 0.4) is 0 Å². The molecular weight excluding hydrogens is 460 g/mol. The molecular formula is C17H20F4N6O4S. The maximum absolute atomic E-state index is 14.6. The van der Waals surface area contributed by atoms with Crippen molar-refractivity contribution in [3.63, 3.8) is 0 Å². The predicted octanol–water partition coefficient (Wildman–Crippen LogP) is 2.17. The van der Waals surface area contributed by atoms with Gasteiger partial charge in [-0.05, 0) is 32.4 Å². The minimum Gasteiger partial charge on any atom is -0.444 e. The maximum atomic E-state index is 14.6. The average molecular weight is 480 g/mol. The molecule has 0 bridgehead atoms. The topological polar surface area (TPSA) is 119 Å². The summed E-state index contributed by atoms with van der Waals surface area (Å²) in [6.45, 7) is 3.72. The van der Waals surface area contributed by atoms with Crippen molar-refractivity contribution >= 4 is 16.1 Å². The van der Waals surface area contributed by atoms with E-state index in [0.717, 1.165) is 6.07 Å². The van der Waals surface area contributed by atoms with Crippen LogP contribution in [0, 0.1) is 5.82 Å². The van der Waals surface area contributed by atoms with Gasteiger partial charge in [0.1, 0.15) is 17.1 Å². The molecule has 1 amide bonds. The Bertz CT molecular complexity index is 1130. The highest BCUT2D eigenvalue weighted by Gasteiger charge is 2.50. The van der Waals surface area contributed by atoms with Gasteiger partial charge < -0.3 is 10.1 Å². The van der Waals surface area contributed by atoms with E-state index in [4.69, 9.17) is 4.74 Å². The highest BCUT2D eigenvalue weighted by atomic mass is 32.2. The zero-order valence-corrected chi connectivity index (χ0v) is 18.1. The Morgan fingerprint density at radius 1 is 1.25 bits per heavy atom. The number of nitrogens with zero attached hydrogens (tertiary/aromatic N) is 5. The molecule has 0 fully saturated rings. The third-order valence-electron chi connectivity index (χ3n) is 4.21. The number of aromatic nitrogens is 4. The maximum Gasteiger partial charge on any atom is 0.511 e. The van der Waals surface area contributed by atoms with Crippen molar-refractivity contribution in [2.24, 2.45) is 0 Å². The quantitative estimate of drug-likeness (QED) is 0.666. The second-order valence-electron chi connectivity index (χ2n) is 7.89. The minimum atomic E-state index is -5.52. The van der Waals surface area contributed by atoms with Gasteiger partial charge in [0.05, 0.1) is 13.1 Å². The first-order valence-corrected chi connectivity index (χ1v) is 10.7. The zero-order valence-electron chi connectivity index (χ0n) is 17.3. The van der Waals surface area contributed by atoms with Gasteiger partial charge in [-0.25, -0.2) is 32.3 Å². The summed E-state index contributed by atoms with van der Waals surface area (Å²) in [6, 6.07) is 1.10. The standard InChI is InChI=1S/C17H20F4N6O4S/c1-16(2,3)31-15(28)23-8-10-6-11(18)13(22-7-10)14-24-12-9-26(4-5-27(12)25-14)32(29,30)17(19,20)21/h6-7H,4-5,8-9H2,1-3H3,(H,23,28). The predicted molar refractivity (Wildman–Crippen MR) is 102 cm³/mol. The number of rotatable bonds is 4. The fourth-order valence-electron chi connectivity index (χ4n) is 2.79. The van der Waals surface area contributed by atoms with Gasteiger partial charge in [-0.3, -0.25) is 0 Å². The summed E-state index contributed by atoms with van der Waals surface area (Å²) in [5.74, 6) is -1.09. The van der Waals surface area contributed by atoms with Gasteiger partial charge in [-0.1, -0.05) is 0 Å². The SMILES string of the molecule is CC(C)(C)OC(=O)NCc1cnc(-c2nc3n(n2)CCN(S(=O)(=O)C(F)(F)F)C3)c(F)c1. The second kappa shape index (κ2) is 8.27. The summed E-state index contributed by atoms with van der Waals surface area (Å²) in [6.07, 6.45) is 0.583. The molecule has 1 aliphatic rings. The van der Waals surface area contributed by atoms with E-state index in [1.54, 1.807) is 20.8 Å². The summed E-state index contributed by atoms with van der Waals surface area (Å²) in [5, 5.41) is 6.47. The van der Waals surface area contributed by atoms with Crippen LogP contribution in [0.1, 0.15) is 32.2 Å². The fraction of sp³-hybridized carbons (Fsp3) is 0.529. The number of pyridine rings is 1. The molecule has 1 aliphatic heterocycles. The monoisotopic (exact) mass is 480 g/mol. The van der Waals surface area contributed by atoms with Crippen LogP contribution in [-0.2, 0) is 34.4 Å². The number of carbonyl (C=O) groups is 1. The number of sulfonamides is 1. The van der Waals surface area contributed by atoms with Crippen LogP contribution in [0.25, 0.3) is 11.5 Å². The lowest BCUT2D eigenvalue weighted by Gasteiger charge is -2.26. The number of carbonyl (C=O) groups excluding carboxylic acids is 1. The van der Waals surface area contributed by atoms with E-state index in [0.29, 0.717) is 5.56 Å². The first-order valence-electron chi connectivity index (χ1n) is 9.29. The van der Waals surface area contributed by atoms with Gasteiger partial charge in [0, 0.05) is 19.3 Å². The summed E-state index contributed by atoms with van der Waals surface area (Å²) < 4.78 is 82.7. The fourth-order valence-corrected chi connectivity index (χ4v) is 3.69. The highest BCUT2D eigenvalue weighted by molar-refractivity contribution is 7.89. The van der Waals surface area contributed by atoms with Gasteiger partial charge in [0.2, 0.25) is 5.82 Å². The summed E-state index contributed by atoms with van der Waals surface area (Å²) >= 11 is 0. The van der Waals surface area contributed by atoms with E-state index >= 15 is 0 Å². The molecule has 0 radical (unpaired) electrons. The number of alkyl carbamates (subject to hydrolysis) is 1. The van der Waals surface area contributed by atoms with Crippen molar-refractivity contribution in [1.29, 1.82) is 0 Å². The number of fused-ring (bicyclic) bond motifs is 1. The molecule has 32 heavy (non-hydrogen) atoms. The Balaban J connectivity index is 1.73. The van der Waals surface area contributed by atoms with Crippen LogP contribution >= 0.6 is 0 Å². The highest BCUT2D eigenvalue weighted by Crippen LogP contribution is 2.29. The van der Waals surface area contributed by atoms with E-state index in [2.05, 4.69) is 20.4 Å². The lowest BCUT2D eigenvalue weighted by atomic mass is 10.2. The molecule has 0 aromatic carbocycles. The minimum absolute atomic E-state index is 0.0590. The molecule has 0 saturated heterocycles. The average Bonchev–Trinajstić information content (AvgIpc) is 3.07. The largest absolute Gasteiger partial charge is 0.511 e. The molecule has 0 aliphatic carbocycles. The van der Waals surface area contributed by atoms with Gasteiger partial charge in [0.15, 0.2) is 5.82 Å². The Hall–Kier alpha value is -2.81. The molecule has 0 spiro atoms. The lowest BCUT2D eigenvalue weighted by Crippen LogP contribution is -2.44. The number of alkyl halides is 3. The van der Waals surface area contributed by atoms with Crippen LogP contribution in [0.5, 0.6) is 0 Å². The number of amides is 1. The third-order valence-corrected chi connectivity index (χ3v) is 5.78. The summed E-state index contributed by atoms with van der Waals surface area (Å²) in [5.41, 5.74) is -6.07. The second-order valence-corrected chi connectivity index (χ2v) is 9.82. The molecule has 0 atom stereocenters. The number of halogens is 4. The van der Waals surface area contributed by atoms with Crippen LogP contribution < -0.4 is 5.32 Å². The molecule has 2 aromatic rings. The number of ether oxygens (including phenoxy) is 1. The lowest BCUT2D eigenvalue weighted by molar-refractivity contribution is -0.0496. The van der Waals surface area contributed by atoms with Crippen molar-refractivity contribution in [2.45, 2.75) is 51.5 Å². The van der Waals surface area contributed by atoms with E-state index in [1.165, 1.54) is 10.9 Å². The normalized spacial score (nSPS) is 15.3. The molecule has 3 heterocycles. The first-order chi connectivity index (χ1) is 14.7. The van der Waals surface area contributed by atoms with Crippen LogP contribution in [0.4, 0.5) is 22.4 Å². The molecule has 2 aromatic heterocycles. The first kappa shape index (κ1) is 23.8. The summed E-state index contributed by atoms with van der Waals surface area (Å²) in [7, 11) is -5.52. The van der Waals surface area contributed by atoms with Crippen molar-refractivity contribution < 1.29 is 35.5 Å². The van der Waals surface area contributed by atoms with Crippen molar-refractivity contribution in [1.82, 2.24) is 29.4 Å². The van der Waals surface area contributed by atoms with Gasteiger partial charge >= 0.3 is 21.6 Å². The Morgan fingerprint density at radius 3 is 2.53 bits per heavy atom. The van der Waals surface area contributed by atoms with E-state index in [1.807, 2.05) is 0 Å². The summed E-state index contributed by atoms with van der Waals surface area (Å²) in [4.78, 5) is 19.6. The van der Waals surface area contributed by atoms with Gasteiger partial charge in [-0.15, -0.1) is 5.10 Å². The third kappa shape index (κ3) is 5.15. The Labute approximate surface area is 180 Å². The zero-order chi connectivity index (χ0) is 23.9. The smallest absolute Gasteiger partial charge is 0.444 e. The van der Waals surface area contributed by atoms with E-state index < -0.39 is 46.1 Å². The molecule has 0 saturated carbocycles. The van der Waals surface area contributed by atoms with Crippen molar-refractivity contribution in [3.8, 4) is 11.5 Å². The van der Waals surface area contributed by atoms with Crippen LogP contribution in [-0.4, -0.2) is 56.2 Å². The number of nitrogens with one attached hydrogen (secondary N) is 1. The van der Waals surface area contributed by atoms with Crippen LogP contribution in [0.2, 0.25) is 0 Å². The van der Waals surface area contributed by atoms with Gasteiger partial charge in [0.25, 0.3) is 0 Å². The van der Waals surface area contributed by atoms with Crippen LogP contribution in [0.15, 0.2) is 12.3 Å². The molecule has 0 unspecified atom stereocenters. The van der Waals surface area contributed by atoms with Gasteiger partial charge in [-0.2, -0.15) is 17.5 Å². The number of hydrogen-bond donors (Lipinski definition) is 1. The molecule has 10 nitrogen and oxygen atoms in total. The van der Waals surface area contributed by atoms with E-state index in [-0.39, 0.29) is 34.7 Å².